The number of carboxylic acids is 1. The van der Waals surface area contributed by atoms with E-state index < -0.39 is 32.2 Å². The first-order valence-electron chi connectivity index (χ1n) is 16.5. The van der Waals surface area contributed by atoms with Gasteiger partial charge in [0.15, 0.2) is 0 Å². The molecule has 1 aromatic rings. The first-order valence-corrected chi connectivity index (χ1v) is 16.5. The van der Waals surface area contributed by atoms with E-state index in [1.807, 2.05) is 0 Å². The van der Waals surface area contributed by atoms with Crippen molar-refractivity contribution >= 4 is 42.9 Å². The zero-order chi connectivity index (χ0) is 35.2. The van der Waals surface area contributed by atoms with E-state index in [0.29, 0.717) is 25.9 Å². The third kappa shape index (κ3) is 23.8. The summed E-state index contributed by atoms with van der Waals surface area (Å²) in [5, 5.41) is 61.9. The number of carbonyl (C=O) groups excluding carboxylic acids is 2. The molecule has 0 heterocycles. The van der Waals surface area contributed by atoms with Crippen LogP contribution in [0, 0.1) is 0 Å². The molecule has 0 aromatic heterocycles. The summed E-state index contributed by atoms with van der Waals surface area (Å²) in [6.07, 6.45) is 15.9. The molecule has 0 saturated carbocycles. The molecule has 0 saturated heterocycles. The largest absolute Gasteiger partial charge is 0.488 e. The molecule has 264 valence electrons. The molecule has 1 atom stereocenters. The average molecular weight is 654 g/mol. The lowest BCUT2D eigenvalue weighted by Crippen LogP contribution is -2.40. The van der Waals surface area contributed by atoms with Crippen molar-refractivity contribution in [3.8, 4) is 0 Å². The molecule has 0 unspecified atom stereocenters. The van der Waals surface area contributed by atoms with Crippen LogP contribution in [0.3, 0.4) is 0 Å². The summed E-state index contributed by atoms with van der Waals surface area (Å²) >= 11 is 0. The van der Waals surface area contributed by atoms with Crippen LogP contribution in [-0.2, 0) is 9.59 Å². The van der Waals surface area contributed by atoms with Crippen molar-refractivity contribution in [2.75, 3.05) is 34.3 Å². The highest BCUT2D eigenvalue weighted by atomic mass is 16.4. The van der Waals surface area contributed by atoms with Crippen LogP contribution in [0.4, 0.5) is 0 Å². The molecule has 0 bridgehead atoms. The Morgan fingerprint density at radius 3 is 1.52 bits per heavy atom. The van der Waals surface area contributed by atoms with Gasteiger partial charge in [0.1, 0.15) is 6.04 Å². The number of unbranched alkanes of at least 4 members (excludes halogenated alkanes) is 12. The van der Waals surface area contributed by atoms with Gasteiger partial charge < -0.3 is 52.0 Å². The van der Waals surface area contributed by atoms with Crippen LogP contribution in [0.25, 0.3) is 0 Å². The Labute approximate surface area is 276 Å². The van der Waals surface area contributed by atoms with E-state index in [1.54, 1.807) is 7.05 Å². The predicted octanol–water partition coefficient (Wildman–Crippen LogP) is -0.0102. The zero-order valence-corrected chi connectivity index (χ0v) is 28.2. The normalized spacial score (nSPS) is 10.9. The lowest BCUT2D eigenvalue weighted by molar-refractivity contribution is -0.139. The lowest BCUT2D eigenvalue weighted by atomic mass is 9.72. The number of nitrogens with two attached hydrogens (primary N) is 1. The molecule has 0 radical (unpaired) electrons. The first kappa shape index (κ1) is 45.6. The van der Waals surface area contributed by atoms with Gasteiger partial charge in [0.2, 0.25) is 5.91 Å². The molecule has 46 heavy (non-hydrogen) atoms. The number of likely N-dealkylation sites (N-methyl/N-ethyl adjacent to an activating group) is 1. The zero-order valence-electron chi connectivity index (χ0n) is 28.2. The van der Waals surface area contributed by atoms with E-state index in [1.165, 1.54) is 57.4 Å². The second kappa shape index (κ2) is 31.1. The molecular weight excluding hydrogens is 594 g/mol. The topological polar surface area (TPSA) is 235 Å². The van der Waals surface area contributed by atoms with E-state index in [4.69, 9.17) is 10.2 Å². The van der Waals surface area contributed by atoms with Crippen molar-refractivity contribution in [2.24, 2.45) is 5.73 Å². The number of carbonyl (C=O) groups is 3. The van der Waals surface area contributed by atoms with Crippen LogP contribution in [0.15, 0.2) is 18.2 Å². The number of carboxylic acid groups (broad SMARTS) is 1. The second-order valence-electron chi connectivity index (χ2n) is 10.9. The number of amides is 2. The summed E-state index contributed by atoms with van der Waals surface area (Å²) < 4.78 is 0. The number of aliphatic hydroxyl groups excluding tert-OH is 1. The number of hydrogen-bond acceptors (Lipinski definition) is 10. The molecule has 0 aliphatic carbocycles. The molecule has 11 N–H and O–H groups in total. The number of nitrogens with one attached hydrogen (secondary N) is 3. The summed E-state index contributed by atoms with van der Waals surface area (Å²) in [6.45, 7) is 1.09. The van der Waals surface area contributed by atoms with E-state index in [-0.39, 0.29) is 22.4 Å². The van der Waals surface area contributed by atoms with Crippen molar-refractivity contribution in [1.82, 2.24) is 16.0 Å². The summed E-state index contributed by atoms with van der Waals surface area (Å²) in [5.41, 5.74) is 4.69. The van der Waals surface area contributed by atoms with Crippen molar-refractivity contribution < 1.29 is 44.7 Å². The maximum atomic E-state index is 12.4. The number of benzene rings is 1. The van der Waals surface area contributed by atoms with Gasteiger partial charge in [-0.05, 0) is 69.3 Å². The molecular formula is C31H60B2N4O9. The highest BCUT2D eigenvalue weighted by molar-refractivity contribution is 6.62. The van der Waals surface area contributed by atoms with Gasteiger partial charge in [0.25, 0.3) is 5.91 Å². The number of aliphatic carboxylic acids is 1. The van der Waals surface area contributed by atoms with Crippen LogP contribution >= 0.6 is 0 Å². The number of rotatable bonds is 25. The first-order chi connectivity index (χ1) is 22.1. The van der Waals surface area contributed by atoms with E-state index in [0.717, 1.165) is 64.9 Å². The fraction of sp³-hybridized carbons (Fsp3) is 0.710. The fourth-order valence-corrected chi connectivity index (χ4v) is 4.77. The van der Waals surface area contributed by atoms with Crippen LogP contribution in [0.5, 0.6) is 0 Å². The molecule has 0 aliphatic heterocycles. The highest BCUT2D eigenvalue weighted by Crippen LogP contribution is 2.12. The number of aliphatic hydroxyl groups is 1. The van der Waals surface area contributed by atoms with Gasteiger partial charge in [-0.1, -0.05) is 70.3 Å². The van der Waals surface area contributed by atoms with Gasteiger partial charge >= 0.3 is 20.2 Å². The Morgan fingerprint density at radius 2 is 1.09 bits per heavy atom. The SMILES string of the molecule is CN.CN[C@@H](CCCCNC(=O)CCCCCCCCCCCCCCNC(=O)c1cc(B(O)O)cc(B(O)O)c1)C(=O)O.CO. The van der Waals surface area contributed by atoms with Gasteiger partial charge in [0.05, 0.1) is 0 Å². The van der Waals surface area contributed by atoms with Gasteiger partial charge in [-0.2, -0.15) is 0 Å². The Bertz CT molecular complexity index is 902. The Morgan fingerprint density at radius 1 is 0.674 bits per heavy atom. The molecule has 1 rings (SSSR count). The minimum atomic E-state index is -1.81. The van der Waals surface area contributed by atoms with Crippen molar-refractivity contribution in [3.63, 3.8) is 0 Å². The van der Waals surface area contributed by atoms with Crippen LogP contribution in [0.1, 0.15) is 113 Å². The molecule has 2 amide bonds. The Balaban J connectivity index is 0. The minimum Gasteiger partial charge on any atom is -0.480 e. The molecule has 15 heteroatoms. The van der Waals surface area contributed by atoms with E-state index in [9.17, 15) is 34.5 Å². The summed E-state index contributed by atoms with van der Waals surface area (Å²) in [6, 6.07) is 3.35. The summed E-state index contributed by atoms with van der Waals surface area (Å²) in [5.74, 6) is -1.16. The van der Waals surface area contributed by atoms with Crippen molar-refractivity contribution in [2.45, 2.75) is 109 Å². The smallest absolute Gasteiger partial charge is 0.480 e. The minimum absolute atomic E-state index is 0.0225. The van der Waals surface area contributed by atoms with Crippen molar-refractivity contribution in [1.29, 1.82) is 0 Å². The third-order valence-corrected chi connectivity index (χ3v) is 7.34. The second-order valence-corrected chi connectivity index (χ2v) is 10.9. The number of hydrogen-bond donors (Lipinski definition) is 10. The molecule has 0 aliphatic rings. The molecule has 0 spiro atoms. The average Bonchev–Trinajstić information content (AvgIpc) is 3.05. The maximum absolute atomic E-state index is 12.4. The molecule has 13 nitrogen and oxygen atoms in total. The Hall–Kier alpha value is -2.52. The Kier molecular flexibility index (Phi) is 30.8. The van der Waals surface area contributed by atoms with Gasteiger partial charge in [0, 0.05) is 32.2 Å². The maximum Gasteiger partial charge on any atom is 0.488 e. The third-order valence-electron chi connectivity index (χ3n) is 7.34. The predicted molar refractivity (Wildman–Crippen MR) is 184 cm³/mol. The van der Waals surface area contributed by atoms with Gasteiger partial charge in [-0.3, -0.25) is 14.4 Å². The monoisotopic (exact) mass is 654 g/mol. The van der Waals surface area contributed by atoms with Crippen LogP contribution in [0.2, 0.25) is 0 Å². The summed E-state index contributed by atoms with van der Waals surface area (Å²) in [4.78, 5) is 35.2. The van der Waals surface area contributed by atoms with Crippen LogP contribution in [-0.4, -0.2) is 103 Å². The van der Waals surface area contributed by atoms with Crippen molar-refractivity contribution in [3.05, 3.63) is 23.8 Å². The standard InChI is InChI=1S/C29H51B2N3O8.CH5N.CH4O/c1-32-26(29(37)38)16-13-15-18-33-27(35)17-12-10-8-6-4-2-3-5-7-9-11-14-19-34-28(36)23-20-24(30(39)40)22-25(21-23)31(41)42;2*1-2/h20-22,26,32,39-42H,2-19H2,1H3,(H,33,35)(H,34,36)(H,37,38);2H2,1H3;2H,1H3/t26-;;/m0../s1. The highest BCUT2D eigenvalue weighted by Gasteiger charge is 2.20. The molecule has 0 fully saturated rings. The van der Waals surface area contributed by atoms with Gasteiger partial charge in [-0.25, -0.2) is 0 Å². The summed E-state index contributed by atoms with van der Waals surface area (Å²) in [7, 11) is 0.519. The van der Waals surface area contributed by atoms with E-state index in [2.05, 4.69) is 21.7 Å². The van der Waals surface area contributed by atoms with Crippen LogP contribution < -0.4 is 32.6 Å². The quantitative estimate of drug-likeness (QED) is 0.0497. The molecule has 1 aromatic carbocycles. The van der Waals surface area contributed by atoms with E-state index >= 15 is 0 Å². The van der Waals surface area contributed by atoms with Gasteiger partial charge in [-0.15, -0.1) is 0 Å². The fourth-order valence-electron chi connectivity index (χ4n) is 4.77. The lowest BCUT2D eigenvalue weighted by Gasteiger charge is -2.10.